The Bertz CT molecular complexity index is 442. The van der Waals surface area contributed by atoms with Crippen LogP contribution in [0.3, 0.4) is 0 Å². The van der Waals surface area contributed by atoms with Crippen LogP contribution in [0, 0.1) is 0 Å². The maximum Gasteiger partial charge on any atom is 0.214 e. The van der Waals surface area contributed by atoms with Crippen molar-refractivity contribution in [3.8, 4) is 5.88 Å². The molecule has 0 radical (unpaired) electrons. The van der Waals surface area contributed by atoms with Crippen LogP contribution in [-0.2, 0) is 0 Å². The zero-order chi connectivity index (χ0) is 10.2. The van der Waals surface area contributed by atoms with Gasteiger partial charge in [0.1, 0.15) is 5.60 Å². The number of hydrogen-bond donors (Lipinski definition) is 1. The van der Waals surface area contributed by atoms with Gasteiger partial charge in [-0.2, -0.15) is 5.10 Å². The lowest BCUT2D eigenvalue weighted by Crippen LogP contribution is -2.23. The quantitative estimate of drug-likeness (QED) is 0.751. The molecule has 4 nitrogen and oxygen atoms in total. The van der Waals surface area contributed by atoms with E-state index in [9.17, 15) is 0 Å². The van der Waals surface area contributed by atoms with Crippen molar-refractivity contribution in [1.82, 2.24) is 15.2 Å². The Morgan fingerprint density at radius 1 is 1.29 bits per heavy atom. The van der Waals surface area contributed by atoms with Crippen LogP contribution < -0.4 is 4.74 Å². The van der Waals surface area contributed by atoms with E-state index in [1.54, 1.807) is 12.4 Å². The number of fused-ring (bicyclic) bond motifs is 1. The van der Waals surface area contributed by atoms with Gasteiger partial charge >= 0.3 is 0 Å². The molecule has 2 heterocycles. The Hall–Kier alpha value is -1.58. The first-order chi connectivity index (χ1) is 6.54. The second kappa shape index (κ2) is 2.97. The van der Waals surface area contributed by atoms with Crippen LogP contribution in [0.1, 0.15) is 20.8 Å². The molecule has 2 aromatic rings. The third-order valence-corrected chi connectivity index (χ3v) is 1.71. The molecular weight excluding hydrogens is 178 g/mol. The molecular formula is C10H13N3O. The topological polar surface area (TPSA) is 50.8 Å². The van der Waals surface area contributed by atoms with E-state index in [0.717, 1.165) is 10.9 Å². The molecule has 0 aliphatic heterocycles. The molecule has 0 bridgehead atoms. The van der Waals surface area contributed by atoms with E-state index >= 15 is 0 Å². The van der Waals surface area contributed by atoms with Crippen LogP contribution >= 0.6 is 0 Å². The number of pyridine rings is 1. The molecule has 0 amide bonds. The number of nitrogens with one attached hydrogen (secondary N) is 1. The summed E-state index contributed by atoms with van der Waals surface area (Å²) in [6.45, 7) is 5.98. The van der Waals surface area contributed by atoms with E-state index in [1.165, 1.54) is 0 Å². The summed E-state index contributed by atoms with van der Waals surface area (Å²) in [4.78, 5) is 4.17. The Morgan fingerprint density at radius 2 is 2.07 bits per heavy atom. The third-order valence-electron chi connectivity index (χ3n) is 1.71. The standard InChI is InChI=1S/C10H13N3O/c1-10(2,3)14-9-4-7-5-12-13-8(7)6-11-9/h4-6H,1-3H3,(H,12,13). The normalized spacial score (nSPS) is 11.9. The number of H-pyrrole nitrogens is 1. The molecule has 1 N–H and O–H groups in total. The van der Waals surface area contributed by atoms with E-state index in [0.29, 0.717) is 5.88 Å². The van der Waals surface area contributed by atoms with Crippen LogP contribution in [0.2, 0.25) is 0 Å². The van der Waals surface area contributed by atoms with Gasteiger partial charge in [-0.3, -0.25) is 5.10 Å². The van der Waals surface area contributed by atoms with Gasteiger partial charge in [0, 0.05) is 11.5 Å². The van der Waals surface area contributed by atoms with Crippen LogP contribution in [0.25, 0.3) is 10.9 Å². The summed E-state index contributed by atoms with van der Waals surface area (Å²) in [7, 11) is 0. The van der Waals surface area contributed by atoms with Gasteiger partial charge in [-0.05, 0) is 20.8 Å². The number of ether oxygens (including phenoxy) is 1. The molecule has 0 saturated carbocycles. The van der Waals surface area contributed by atoms with Gasteiger partial charge in [0.2, 0.25) is 5.88 Å². The zero-order valence-corrected chi connectivity index (χ0v) is 8.53. The Labute approximate surface area is 82.3 Å². The lowest BCUT2D eigenvalue weighted by molar-refractivity contribution is 0.124. The first kappa shape index (κ1) is 8.99. The van der Waals surface area contributed by atoms with Crippen molar-refractivity contribution in [2.75, 3.05) is 0 Å². The van der Waals surface area contributed by atoms with Crippen LogP contribution in [0.15, 0.2) is 18.5 Å². The van der Waals surface area contributed by atoms with Crippen molar-refractivity contribution in [3.63, 3.8) is 0 Å². The summed E-state index contributed by atoms with van der Waals surface area (Å²) < 4.78 is 5.63. The fourth-order valence-electron chi connectivity index (χ4n) is 1.19. The van der Waals surface area contributed by atoms with E-state index in [2.05, 4.69) is 15.2 Å². The minimum atomic E-state index is -0.218. The molecule has 0 fully saturated rings. The molecule has 0 aliphatic rings. The Morgan fingerprint density at radius 3 is 2.79 bits per heavy atom. The Balaban J connectivity index is 2.35. The highest BCUT2D eigenvalue weighted by Crippen LogP contribution is 2.19. The summed E-state index contributed by atoms with van der Waals surface area (Å²) in [5.74, 6) is 0.631. The molecule has 0 aromatic carbocycles. The summed E-state index contributed by atoms with van der Waals surface area (Å²) in [6, 6.07) is 1.88. The van der Waals surface area contributed by atoms with Gasteiger partial charge < -0.3 is 4.74 Å². The first-order valence-electron chi connectivity index (χ1n) is 4.53. The minimum absolute atomic E-state index is 0.218. The van der Waals surface area contributed by atoms with Crippen molar-refractivity contribution in [2.24, 2.45) is 0 Å². The van der Waals surface area contributed by atoms with Gasteiger partial charge in [-0.25, -0.2) is 4.98 Å². The number of nitrogens with zero attached hydrogens (tertiary/aromatic N) is 2. The molecule has 2 rings (SSSR count). The molecule has 0 saturated heterocycles. The van der Waals surface area contributed by atoms with Gasteiger partial charge in [-0.15, -0.1) is 0 Å². The predicted octanol–water partition coefficient (Wildman–Crippen LogP) is 2.14. The van der Waals surface area contributed by atoms with Gasteiger partial charge in [-0.1, -0.05) is 0 Å². The van der Waals surface area contributed by atoms with Gasteiger partial charge in [0.05, 0.1) is 17.9 Å². The molecule has 74 valence electrons. The molecule has 2 aromatic heterocycles. The number of aromatic amines is 1. The number of hydrogen-bond acceptors (Lipinski definition) is 3. The van der Waals surface area contributed by atoms with Crippen LogP contribution in [0.4, 0.5) is 0 Å². The van der Waals surface area contributed by atoms with E-state index < -0.39 is 0 Å². The van der Waals surface area contributed by atoms with Crippen molar-refractivity contribution in [1.29, 1.82) is 0 Å². The van der Waals surface area contributed by atoms with Crippen LogP contribution in [-0.4, -0.2) is 20.8 Å². The summed E-state index contributed by atoms with van der Waals surface area (Å²) >= 11 is 0. The highest BCUT2D eigenvalue weighted by molar-refractivity contribution is 5.77. The van der Waals surface area contributed by atoms with E-state index in [4.69, 9.17) is 4.74 Å². The average Bonchev–Trinajstić information content (AvgIpc) is 2.47. The summed E-state index contributed by atoms with van der Waals surface area (Å²) in [5.41, 5.74) is 0.705. The molecule has 0 aliphatic carbocycles. The highest BCUT2D eigenvalue weighted by Gasteiger charge is 2.12. The van der Waals surface area contributed by atoms with Gasteiger partial charge in [0.25, 0.3) is 0 Å². The fourth-order valence-corrected chi connectivity index (χ4v) is 1.19. The maximum atomic E-state index is 5.63. The maximum absolute atomic E-state index is 5.63. The molecule has 0 unspecified atom stereocenters. The second-order valence-electron chi connectivity index (χ2n) is 4.19. The first-order valence-corrected chi connectivity index (χ1v) is 4.53. The monoisotopic (exact) mass is 191 g/mol. The SMILES string of the molecule is CC(C)(C)Oc1cc2cn[nH]c2cn1. The van der Waals surface area contributed by atoms with Crippen molar-refractivity contribution < 1.29 is 4.74 Å². The molecule has 14 heavy (non-hydrogen) atoms. The second-order valence-corrected chi connectivity index (χ2v) is 4.19. The molecule has 0 atom stereocenters. The number of rotatable bonds is 1. The molecule has 0 spiro atoms. The van der Waals surface area contributed by atoms with Crippen molar-refractivity contribution in [3.05, 3.63) is 18.5 Å². The van der Waals surface area contributed by atoms with Crippen molar-refractivity contribution in [2.45, 2.75) is 26.4 Å². The summed E-state index contributed by atoms with van der Waals surface area (Å²) in [6.07, 6.45) is 3.48. The lowest BCUT2D eigenvalue weighted by atomic mass is 10.2. The summed E-state index contributed by atoms with van der Waals surface area (Å²) in [5, 5.41) is 7.77. The molecule has 4 heteroatoms. The van der Waals surface area contributed by atoms with E-state index in [1.807, 2.05) is 26.8 Å². The average molecular weight is 191 g/mol. The largest absolute Gasteiger partial charge is 0.472 e. The smallest absolute Gasteiger partial charge is 0.214 e. The van der Waals surface area contributed by atoms with Crippen LogP contribution in [0.5, 0.6) is 5.88 Å². The van der Waals surface area contributed by atoms with E-state index in [-0.39, 0.29) is 5.60 Å². The fraction of sp³-hybridized carbons (Fsp3) is 0.400. The lowest BCUT2D eigenvalue weighted by Gasteiger charge is -2.19. The Kier molecular flexibility index (Phi) is 1.91. The minimum Gasteiger partial charge on any atom is -0.472 e. The van der Waals surface area contributed by atoms with Crippen molar-refractivity contribution >= 4 is 10.9 Å². The zero-order valence-electron chi connectivity index (χ0n) is 8.53. The number of aromatic nitrogens is 3. The third kappa shape index (κ3) is 1.84. The van der Waals surface area contributed by atoms with Gasteiger partial charge in [0.15, 0.2) is 0 Å². The predicted molar refractivity (Wildman–Crippen MR) is 54.3 cm³/mol. The highest BCUT2D eigenvalue weighted by atomic mass is 16.5.